The molecule has 34 heavy (non-hydrogen) atoms. The minimum Gasteiger partial charge on any atom is -0.378 e. The van der Waals surface area contributed by atoms with E-state index in [0.717, 1.165) is 32.7 Å². The van der Waals surface area contributed by atoms with E-state index < -0.39 is 0 Å². The van der Waals surface area contributed by atoms with Crippen LogP contribution in [0.25, 0.3) is 10.9 Å². The number of piperidine rings is 1. The number of rotatable bonds is 5. The van der Waals surface area contributed by atoms with Crippen LogP contribution in [0.5, 0.6) is 0 Å². The molecule has 5 heterocycles. The van der Waals surface area contributed by atoms with Crippen LogP contribution in [0.15, 0.2) is 53.5 Å². The summed E-state index contributed by atoms with van der Waals surface area (Å²) in [5, 5.41) is 1.24. The predicted molar refractivity (Wildman–Crippen MR) is 131 cm³/mol. The maximum Gasteiger partial charge on any atom is 0.250 e. The topological polar surface area (TPSA) is 59.7 Å². The van der Waals surface area contributed by atoms with Crippen LogP contribution >= 0.6 is 0 Å². The molecule has 0 spiro atoms. The molecule has 0 radical (unpaired) electrons. The van der Waals surface area contributed by atoms with Crippen molar-refractivity contribution >= 4 is 16.8 Å². The molecule has 178 valence electrons. The first-order valence-corrected chi connectivity index (χ1v) is 12.5. The highest BCUT2D eigenvalue weighted by atomic mass is 16.5. The molecule has 2 unspecified atom stereocenters. The Kier molecular flexibility index (Phi) is 5.75. The number of hydrogen-bond acceptors (Lipinski definition) is 4. The summed E-state index contributed by atoms with van der Waals surface area (Å²) < 4.78 is 9.72. The maximum atomic E-state index is 12.7. The molecule has 0 N–H and O–H groups in total. The second kappa shape index (κ2) is 9.04. The SMILES string of the molecule is O=C(CCc1cn(CN2CC3CC(C2)c2cccc(=O)n2C3)c2ccccc12)N1CCOCC1. The van der Waals surface area contributed by atoms with Crippen LogP contribution < -0.4 is 5.56 Å². The Morgan fingerprint density at radius 2 is 1.85 bits per heavy atom. The number of carbonyl (C=O) groups excluding carboxylic acids is 1. The summed E-state index contributed by atoms with van der Waals surface area (Å²) in [6, 6.07) is 14.2. The lowest BCUT2D eigenvalue weighted by atomic mass is 9.83. The Labute approximate surface area is 199 Å². The average Bonchev–Trinajstić information content (AvgIpc) is 3.21. The summed E-state index contributed by atoms with van der Waals surface area (Å²) in [7, 11) is 0. The number of ether oxygens (including phenoxy) is 1. The molecule has 2 saturated heterocycles. The molecule has 1 aromatic carbocycles. The molecule has 0 saturated carbocycles. The molecule has 3 aromatic rings. The fourth-order valence-corrected chi connectivity index (χ4v) is 6.18. The summed E-state index contributed by atoms with van der Waals surface area (Å²) in [4.78, 5) is 29.5. The van der Waals surface area contributed by atoms with Gasteiger partial charge in [0, 0.05) is 73.9 Å². The van der Waals surface area contributed by atoms with Crippen LogP contribution in [0.1, 0.15) is 30.0 Å². The van der Waals surface area contributed by atoms with Crippen molar-refractivity contribution in [2.45, 2.75) is 38.4 Å². The summed E-state index contributed by atoms with van der Waals surface area (Å²) >= 11 is 0. The van der Waals surface area contributed by atoms with Crippen molar-refractivity contribution in [2.24, 2.45) is 5.92 Å². The van der Waals surface area contributed by atoms with Crippen LogP contribution in [0.4, 0.5) is 0 Å². The molecule has 2 atom stereocenters. The lowest BCUT2D eigenvalue weighted by Gasteiger charge is -2.42. The van der Waals surface area contributed by atoms with Gasteiger partial charge in [-0.15, -0.1) is 0 Å². The van der Waals surface area contributed by atoms with E-state index in [1.807, 2.05) is 15.5 Å². The van der Waals surface area contributed by atoms with Gasteiger partial charge in [0.1, 0.15) is 0 Å². The van der Waals surface area contributed by atoms with Crippen molar-refractivity contribution in [3.05, 3.63) is 70.3 Å². The molecule has 0 aliphatic carbocycles. The maximum absolute atomic E-state index is 12.7. The minimum atomic E-state index is 0.133. The zero-order valence-electron chi connectivity index (χ0n) is 19.6. The van der Waals surface area contributed by atoms with Gasteiger partial charge in [0.05, 0.1) is 19.9 Å². The molecule has 7 nitrogen and oxygen atoms in total. The number of fused-ring (bicyclic) bond motifs is 5. The van der Waals surface area contributed by atoms with Gasteiger partial charge in [-0.05, 0) is 36.5 Å². The summed E-state index contributed by atoms with van der Waals surface area (Å²) in [5.74, 6) is 1.14. The van der Waals surface area contributed by atoms with Crippen molar-refractivity contribution in [1.29, 1.82) is 0 Å². The molecule has 1 amide bonds. The normalized spacial score (nSPS) is 22.6. The third-order valence-electron chi connectivity index (χ3n) is 7.75. The Hall–Kier alpha value is -2.90. The van der Waals surface area contributed by atoms with Gasteiger partial charge in [-0.2, -0.15) is 0 Å². The standard InChI is InChI=1S/C27H32N4O3/c32-26(29-10-12-34-13-11-29)9-8-21-18-30(25-5-2-1-4-23(21)25)19-28-15-20-14-22(17-28)24-6-3-7-27(33)31(24)16-20/h1-7,18,20,22H,8-17,19H2. The number of amides is 1. The van der Waals surface area contributed by atoms with E-state index in [9.17, 15) is 9.59 Å². The van der Waals surface area contributed by atoms with Gasteiger partial charge in [-0.25, -0.2) is 0 Å². The monoisotopic (exact) mass is 460 g/mol. The van der Waals surface area contributed by atoms with Crippen molar-refractivity contribution < 1.29 is 9.53 Å². The molecular weight excluding hydrogens is 428 g/mol. The molecule has 7 heteroatoms. The summed E-state index contributed by atoms with van der Waals surface area (Å²) in [5.41, 5.74) is 3.79. The van der Waals surface area contributed by atoms with E-state index >= 15 is 0 Å². The number of hydrogen-bond donors (Lipinski definition) is 0. The lowest BCUT2D eigenvalue weighted by molar-refractivity contribution is -0.135. The predicted octanol–water partition coefficient (Wildman–Crippen LogP) is 2.67. The van der Waals surface area contributed by atoms with E-state index in [0.29, 0.717) is 44.6 Å². The Morgan fingerprint density at radius 1 is 1.00 bits per heavy atom. The third-order valence-corrected chi connectivity index (χ3v) is 7.75. The largest absolute Gasteiger partial charge is 0.378 e. The first kappa shape index (κ1) is 21.6. The number of nitrogens with zero attached hydrogens (tertiary/aromatic N) is 4. The van der Waals surface area contributed by atoms with Gasteiger partial charge in [0.25, 0.3) is 5.56 Å². The highest BCUT2D eigenvalue weighted by molar-refractivity contribution is 5.85. The van der Waals surface area contributed by atoms with Crippen molar-refractivity contribution in [3.8, 4) is 0 Å². The number of aromatic nitrogens is 2. The Balaban J connectivity index is 1.19. The molecule has 6 rings (SSSR count). The average molecular weight is 461 g/mol. The number of aryl methyl sites for hydroxylation is 1. The quantitative estimate of drug-likeness (QED) is 0.588. The Morgan fingerprint density at radius 3 is 2.74 bits per heavy atom. The first-order valence-electron chi connectivity index (χ1n) is 12.5. The van der Waals surface area contributed by atoms with E-state index in [4.69, 9.17) is 4.74 Å². The van der Waals surface area contributed by atoms with Crippen molar-refractivity contribution in [2.75, 3.05) is 39.4 Å². The van der Waals surface area contributed by atoms with Gasteiger partial charge in [0.2, 0.25) is 5.91 Å². The number of benzene rings is 1. The van der Waals surface area contributed by atoms with E-state index in [-0.39, 0.29) is 11.5 Å². The lowest BCUT2D eigenvalue weighted by Crippen LogP contribution is -2.47. The van der Waals surface area contributed by atoms with Crippen LogP contribution in [0.3, 0.4) is 0 Å². The van der Waals surface area contributed by atoms with Gasteiger partial charge < -0.3 is 18.8 Å². The fraction of sp³-hybridized carbons (Fsp3) is 0.481. The zero-order chi connectivity index (χ0) is 23.1. The van der Waals surface area contributed by atoms with Gasteiger partial charge in [-0.3, -0.25) is 14.5 Å². The third kappa shape index (κ3) is 4.07. The molecule has 3 aliphatic rings. The number of carbonyl (C=O) groups is 1. The molecule has 3 aliphatic heterocycles. The fourth-order valence-electron chi connectivity index (χ4n) is 6.18. The van der Waals surface area contributed by atoms with Gasteiger partial charge in [0.15, 0.2) is 0 Å². The van der Waals surface area contributed by atoms with E-state index in [1.54, 1.807) is 6.07 Å². The zero-order valence-corrected chi connectivity index (χ0v) is 19.6. The highest BCUT2D eigenvalue weighted by Gasteiger charge is 2.34. The smallest absolute Gasteiger partial charge is 0.250 e. The summed E-state index contributed by atoms with van der Waals surface area (Å²) in [6.45, 7) is 6.32. The minimum absolute atomic E-state index is 0.133. The van der Waals surface area contributed by atoms with Crippen LogP contribution in [0, 0.1) is 5.92 Å². The molecule has 2 fully saturated rings. The van der Waals surface area contributed by atoms with Gasteiger partial charge >= 0.3 is 0 Å². The van der Waals surface area contributed by atoms with E-state index in [2.05, 4.69) is 46.0 Å². The summed E-state index contributed by atoms with van der Waals surface area (Å²) in [6.07, 6.45) is 4.71. The molecular formula is C27H32N4O3. The number of morpholine rings is 1. The van der Waals surface area contributed by atoms with Crippen molar-refractivity contribution in [3.63, 3.8) is 0 Å². The number of pyridine rings is 1. The van der Waals surface area contributed by atoms with E-state index in [1.165, 1.54) is 28.6 Å². The number of likely N-dealkylation sites (tertiary alicyclic amines) is 1. The van der Waals surface area contributed by atoms with Crippen molar-refractivity contribution in [1.82, 2.24) is 18.9 Å². The van der Waals surface area contributed by atoms with Gasteiger partial charge in [-0.1, -0.05) is 24.3 Å². The van der Waals surface area contributed by atoms with Crippen LogP contribution in [-0.4, -0.2) is 64.2 Å². The second-order valence-corrected chi connectivity index (χ2v) is 10.0. The van der Waals surface area contributed by atoms with Crippen LogP contribution in [-0.2, 0) is 29.2 Å². The molecule has 2 aromatic heterocycles. The first-order chi connectivity index (χ1) is 16.7. The second-order valence-electron chi connectivity index (χ2n) is 10.0. The highest BCUT2D eigenvalue weighted by Crippen LogP contribution is 2.35. The number of para-hydroxylation sites is 1. The Bertz CT molecular complexity index is 1260. The van der Waals surface area contributed by atoms with Crippen LogP contribution in [0.2, 0.25) is 0 Å². The molecule has 2 bridgehead atoms.